The number of aryl methyl sites for hydroxylation is 1. The van der Waals surface area contributed by atoms with Gasteiger partial charge in [0.15, 0.2) is 0 Å². The van der Waals surface area contributed by atoms with E-state index in [4.69, 9.17) is 0 Å². The number of nitrogens with zero attached hydrogens (tertiary/aromatic N) is 2. The molecule has 0 saturated heterocycles. The molecule has 1 fully saturated rings. The summed E-state index contributed by atoms with van der Waals surface area (Å²) in [4.78, 5) is 8.90. The van der Waals surface area contributed by atoms with Crippen molar-refractivity contribution in [2.45, 2.75) is 51.5 Å². The van der Waals surface area contributed by atoms with Crippen LogP contribution in [0.2, 0.25) is 0 Å². The third-order valence-corrected chi connectivity index (χ3v) is 3.33. The van der Waals surface area contributed by atoms with Crippen LogP contribution in [0, 0.1) is 0 Å². The molecule has 0 radical (unpaired) electrons. The normalized spacial score (nSPS) is 16.6. The van der Waals surface area contributed by atoms with E-state index in [9.17, 15) is 0 Å². The second-order valence-electron chi connectivity index (χ2n) is 4.37. The maximum Gasteiger partial charge on any atom is 0.132 e. The van der Waals surface area contributed by atoms with Gasteiger partial charge in [-0.2, -0.15) is 0 Å². The molecule has 3 nitrogen and oxygen atoms in total. The molecule has 0 spiro atoms. The molecule has 0 amide bonds. The minimum absolute atomic E-state index is 0.608. The molecule has 1 heterocycles. The smallest absolute Gasteiger partial charge is 0.132 e. The van der Waals surface area contributed by atoms with E-state index in [0.717, 1.165) is 29.1 Å². The Morgan fingerprint density at radius 3 is 2.81 bits per heavy atom. The first-order chi connectivity index (χ1) is 7.78. The minimum Gasteiger partial charge on any atom is -0.367 e. The highest BCUT2D eigenvalue weighted by atomic mass is 79.9. The van der Waals surface area contributed by atoms with Crippen molar-refractivity contribution < 1.29 is 0 Å². The molecule has 1 aromatic heterocycles. The van der Waals surface area contributed by atoms with Gasteiger partial charge in [0.05, 0.1) is 0 Å². The fraction of sp³-hybridized carbons (Fsp3) is 0.667. The van der Waals surface area contributed by atoms with Crippen molar-refractivity contribution >= 4 is 21.7 Å². The number of halogens is 1. The Morgan fingerprint density at radius 1 is 1.38 bits per heavy atom. The zero-order valence-corrected chi connectivity index (χ0v) is 11.3. The average molecular weight is 284 g/mol. The zero-order valence-electron chi connectivity index (χ0n) is 9.67. The Morgan fingerprint density at radius 2 is 2.12 bits per heavy atom. The van der Waals surface area contributed by atoms with Gasteiger partial charge in [-0.25, -0.2) is 9.97 Å². The first-order valence-corrected chi connectivity index (χ1v) is 6.87. The van der Waals surface area contributed by atoms with Gasteiger partial charge in [0.2, 0.25) is 0 Å². The zero-order chi connectivity index (χ0) is 11.4. The predicted octanol–water partition coefficient (Wildman–Crippen LogP) is 3.55. The molecule has 1 aliphatic rings. The summed E-state index contributed by atoms with van der Waals surface area (Å²) < 4.78 is 0.881. The number of aromatic nitrogens is 2. The first-order valence-electron chi connectivity index (χ1n) is 6.08. The predicted molar refractivity (Wildman–Crippen MR) is 69.6 cm³/mol. The van der Waals surface area contributed by atoms with Gasteiger partial charge in [-0.3, -0.25) is 0 Å². The fourth-order valence-electron chi connectivity index (χ4n) is 2.15. The number of rotatable bonds is 4. The third-order valence-electron chi connectivity index (χ3n) is 2.92. The molecule has 0 aliphatic heterocycles. The monoisotopic (exact) mass is 283 g/mol. The lowest BCUT2D eigenvalue weighted by Crippen LogP contribution is -2.16. The highest BCUT2D eigenvalue weighted by Gasteiger charge is 2.15. The Kier molecular flexibility index (Phi) is 4.16. The Bertz CT molecular complexity index is 348. The van der Waals surface area contributed by atoms with Gasteiger partial charge in [-0.1, -0.05) is 19.8 Å². The quantitative estimate of drug-likeness (QED) is 0.859. The van der Waals surface area contributed by atoms with Crippen molar-refractivity contribution in [2.75, 3.05) is 5.32 Å². The number of hydrogen-bond acceptors (Lipinski definition) is 3. The van der Waals surface area contributed by atoms with Gasteiger partial charge < -0.3 is 5.32 Å². The largest absolute Gasteiger partial charge is 0.367 e. The van der Waals surface area contributed by atoms with Gasteiger partial charge in [0.1, 0.15) is 16.2 Å². The first kappa shape index (κ1) is 11.8. The molecule has 0 aromatic carbocycles. The van der Waals surface area contributed by atoms with Crippen LogP contribution in [0.25, 0.3) is 0 Å². The van der Waals surface area contributed by atoms with E-state index in [1.807, 2.05) is 6.07 Å². The molecule has 4 heteroatoms. The van der Waals surface area contributed by atoms with Crippen LogP contribution in [0.5, 0.6) is 0 Å². The van der Waals surface area contributed by atoms with E-state index in [1.165, 1.54) is 25.7 Å². The lowest BCUT2D eigenvalue weighted by atomic mass is 10.2. The molecule has 1 aromatic rings. The third kappa shape index (κ3) is 3.17. The van der Waals surface area contributed by atoms with E-state index in [1.54, 1.807) is 0 Å². The molecule has 0 bridgehead atoms. The molecule has 0 unspecified atom stereocenters. The van der Waals surface area contributed by atoms with Crippen molar-refractivity contribution in [1.29, 1.82) is 0 Å². The highest BCUT2D eigenvalue weighted by Crippen LogP contribution is 2.22. The summed E-state index contributed by atoms with van der Waals surface area (Å²) in [6.45, 7) is 2.15. The molecule has 1 N–H and O–H groups in total. The maximum absolute atomic E-state index is 4.53. The Hall–Kier alpha value is -0.640. The molecule has 16 heavy (non-hydrogen) atoms. The van der Waals surface area contributed by atoms with Crippen LogP contribution in [0.4, 0.5) is 5.82 Å². The van der Waals surface area contributed by atoms with E-state index in [0.29, 0.717) is 6.04 Å². The molecular formula is C12H18BrN3. The fourth-order valence-corrected chi connectivity index (χ4v) is 2.57. The van der Waals surface area contributed by atoms with Crippen molar-refractivity contribution in [3.8, 4) is 0 Å². The lowest BCUT2D eigenvalue weighted by molar-refractivity contribution is 0.743. The van der Waals surface area contributed by atoms with Crippen LogP contribution >= 0.6 is 15.9 Å². The summed E-state index contributed by atoms with van der Waals surface area (Å²) in [5, 5.41) is 3.50. The minimum atomic E-state index is 0.608. The molecule has 1 saturated carbocycles. The summed E-state index contributed by atoms with van der Waals surface area (Å²) >= 11 is 3.44. The van der Waals surface area contributed by atoms with E-state index >= 15 is 0 Å². The van der Waals surface area contributed by atoms with E-state index in [2.05, 4.69) is 38.1 Å². The van der Waals surface area contributed by atoms with Crippen LogP contribution in [0.3, 0.4) is 0 Å². The molecule has 1 aliphatic carbocycles. The maximum atomic E-state index is 4.53. The number of hydrogen-bond donors (Lipinski definition) is 1. The second kappa shape index (κ2) is 5.62. The van der Waals surface area contributed by atoms with E-state index < -0.39 is 0 Å². The van der Waals surface area contributed by atoms with Crippen molar-refractivity contribution in [3.63, 3.8) is 0 Å². The SMILES string of the molecule is CCCc1nc(Br)cc(NC2CCCC2)n1. The molecule has 2 rings (SSSR count). The lowest BCUT2D eigenvalue weighted by Gasteiger charge is -2.13. The van der Waals surface area contributed by atoms with Crippen LogP contribution in [0.15, 0.2) is 10.7 Å². The number of nitrogens with one attached hydrogen (secondary N) is 1. The van der Waals surface area contributed by atoms with Gasteiger partial charge in [0, 0.05) is 18.5 Å². The molecule has 88 valence electrons. The summed E-state index contributed by atoms with van der Waals surface area (Å²) in [5.74, 6) is 1.90. The van der Waals surface area contributed by atoms with Crippen molar-refractivity contribution in [1.82, 2.24) is 9.97 Å². The van der Waals surface area contributed by atoms with Crippen molar-refractivity contribution in [2.24, 2.45) is 0 Å². The Balaban J connectivity index is 2.06. The molecule has 0 atom stereocenters. The van der Waals surface area contributed by atoms with Gasteiger partial charge >= 0.3 is 0 Å². The van der Waals surface area contributed by atoms with Crippen LogP contribution < -0.4 is 5.32 Å². The topological polar surface area (TPSA) is 37.8 Å². The highest BCUT2D eigenvalue weighted by molar-refractivity contribution is 9.10. The van der Waals surface area contributed by atoms with Gasteiger partial charge in [-0.15, -0.1) is 0 Å². The molecular weight excluding hydrogens is 266 g/mol. The summed E-state index contributed by atoms with van der Waals surface area (Å²) in [6.07, 6.45) is 7.24. The second-order valence-corrected chi connectivity index (χ2v) is 5.18. The number of anilines is 1. The summed E-state index contributed by atoms with van der Waals surface area (Å²) in [6, 6.07) is 2.58. The average Bonchev–Trinajstić information content (AvgIpc) is 2.70. The van der Waals surface area contributed by atoms with Crippen LogP contribution in [0.1, 0.15) is 44.9 Å². The van der Waals surface area contributed by atoms with Gasteiger partial charge in [0.25, 0.3) is 0 Å². The van der Waals surface area contributed by atoms with Crippen molar-refractivity contribution in [3.05, 3.63) is 16.5 Å². The van der Waals surface area contributed by atoms with Gasteiger partial charge in [-0.05, 0) is 35.2 Å². The van der Waals surface area contributed by atoms with Crippen LogP contribution in [-0.4, -0.2) is 16.0 Å². The van der Waals surface area contributed by atoms with Crippen LogP contribution in [-0.2, 0) is 6.42 Å². The van der Waals surface area contributed by atoms with E-state index in [-0.39, 0.29) is 0 Å². The Labute approximate surface area is 105 Å². The summed E-state index contributed by atoms with van der Waals surface area (Å²) in [5.41, 5.74) is 0. The standard InChI is InChI=1S/C12H18BrN3/c1-2-5-11-15-10(13)8-12(16-11)14-9-6-3-4-7-9/h8-9H,2-7H2,1H3,(H,14,15,16). The summed E-state index contributed by atoms with van der Waals surface area (Å²) in [7, 11) is 0.